The molecule has 0 aromatic heterocycles. The van der Waals surface area contributed by atoms with Crippen LogP contribution in [0.2, 0.25) is 0 Å². The Morgan fingerprint density at radius 2 is 1.47 bits per heavy atom. The normalized spacial score (nSPS) is 50.4. The summed E-state index contributed by atoms with van der Waals surface area (Å²) >= 11 is 0. The molecule has 0 bridgehead atoms. The van der Waals surface area contributed by atoms with Gasteiger partial charge in [0.1, 0.15) is 0 Å². The van der Waals surface area contributed by atoms with Gasteiger partial charge in [0.25, 0.3) is 0 Å². The Bertz CT molecular complexity index is 430. The van der Waals surface area contributed by atoms with Gasteiger partial charge in [0.05, 0.1) is 12.2 Å². The van der Waals surface area contributed by atoms with Crippen LogP contribution in [0.1, 0.15) is 52.4 Å². The molecular weight excluding hydrogens is 236 g/mol. The van der Waals surface area contributed by atoms with Gasteiger partial charge in [0.15, 0.2) is 5.79 Å². The lowest BCUT2D eigenvalue weighted by Gasteiger charge is -2.43. The van der Waals surface area contributed by atoms with Crippen LogP contribution in [0, 0.1) is 10.8 Å². The summed E-state index contributed by atoms with van der Waals surface area (Å²) in [6.07, 6.45) is 17.7. The smallest absolute Gasteiger partial charge is 0.163 e. The van der Waals surface area contributed by atoms with E-state index in [1.807, 2.05) is 0 Å². The molecule has 0 amide bonds. The summed E-state index contributed by atoms with van der Waals surface area (Å²) in [6.45, 7) is 4.10. The van der Waals surface area contributed by atoms with E-state index in [0.29, 0.717) is 23.0 Å². The minimum Gasteiger partial charge on any atom is -0.345 e. The third-order valence-corrected chi connectivity index (χ3v) is 5.87. The van der Waals surface area contributed by atoms with Crippen molar-refractivity contribution in [2.24, 2.45) is 10.8 Å². The van der Waals surface area contributed by atoms with Crippen LogP contribution in [0.4, 0.5) is 0 Å². The third-order valence-electron chi connectivity index (χ3n) is 5.87. The Morgan fingerprint density at radius 3 is 2.11 bits per heavy atom. The molecule has 2 nitrogen and oxygen atoms in total. The van der Waals surface area contributed by atoms with E-state index in [0.717, 1.165) is 12.8 Å². The molecule has 1 saturated carbocycles. The molecular formula is C17H24O2. The van der Waals surface area contributed by atoms with Gasteiger partial charge in [-0.1, -0.05) is 24.3 Å². The molecule has 1 saturated heterocycles. The van der Waals surface area contributed by atoms with E-state index in [4.69, 9.17) is 9.47 Å². The molecule has 0 spiro atoms. The van der Waals surface area contributed by atoms with Gasteiger partial charge in [-0.2, -0.15) is 0 Å². The summed E-state index contributed by atoms with van der Waals surface area (Å²) in [6, 6.07) is 0. The van der Waals surface area contributed by atoms with Gasteiger partial charge in [-0.3, -0.25) is 0 Å². The molecule has 1 aliphatic heterocycles. The second-order valence-corrected chi connectivity index (χ2v) is 7.32. The maximum atomic E-state index is 6.12. The minimum atomic E-state index is -0.384. The molecule has 19 heavy (non-hydrogen) atoms. The van der Waals surface area contributed by atoms with Crippen molar-refractivity contribution in [1.82, 2.24) is 0 Å². The Hall–Kier alpha value is -0.600. The molecule has 0 N–H and O–H groups in total. The van der Waals surface area contributed by atoms with Crippen molar-refractivity contribution >= 4 is 0 Å². The zero-order valence-electron chi connectivity index (χ0n) is 12.0. The Labute approximate surface area is 115 Å². The average Bonchev–Trinajstić information content (AvgIpc) is 2.91. The van der Waals surface area contributed by atoms with Crippen molar-refractivity contribution in [3.05, 3.63) is 24.3 Å². The van der Waals surface area contributed by atoms with E-state index in [9.17, 15) is 0 Å². The molecule has 2 fully saturated rings. The molecule has 0 aromatic carbocycles. The second-order valence-electron chi connectivity index (χ2n) is 7.32. The van der Waals surface area contributed by atoms with Crippen LogP contribution in [-0.2, 0) is 9.47 Å². The van der Waals surface area contributed by atoms with Crippen molar-refractivity contribution in [2.75, 3.05) is 0 Å². The maximum absolute atomic E-state index is 6.12. The fourth-order valence-electron chi connectivity index (χ4n) is 4.93. The van der Waals surface area contributed by atoms with E-state index in [1.54, 1.807) is 0 Å². The van der Waals surface area contributed by atoms with Crippen molar-refractivity contribution < 1.29 is 9.47 Å². The van der Waals surface area contributed by atoms with Gasteiger partial charge in [0.2, 0.25) is 0 Å². The fraction of sp³-hybridized carbons (Fsp3) is 0.765. The summed E-state index contributed by atoms with van der Waals surface area (Å²) in [5, 5.41) is 0. The van der Waals surface area contributed by atoms with Gasteiger partial charge >= 0.3 is 0 Å². The van der Waals surface area contributed by atoms with Crippen molar-refractivity contribution in [2.45, 2.75) is 70.4 Å². The van der Waals surface area contributed by atoms with Crippen LogP contribution in [0.5, 0.6) is 0 Å². The van der Waals surface area contributed by atoms with E-state index in [2.05, 4.69) is 38.2 Å². The molecule has 104 valence electrons. The van der Waals surface area contributed by atoms with E-state index in [-0.39, 0.29) is 5.79 Å². The number of allylic oxidation sites excluding steroid dienone is 4. The van der Waals surface area contributed by atoms with Crippen LogP contribution in [-0.4, -0.2) is 18.0 Å². The van der Waals surface area contributed by atoms with Gasteiger partial charge in [-0.25, -0.2) is 0 Å². The predicted octanol–water partition coefficient (Wildman–Crippen LogP) is 3.97. The largest absolute Gasteiger partial charge is 0.345 e. The average molecular weight is 260 g/mol. The molecule has 2 heteroatoms. The first kappa shape index (κ1) is 12.2. The molecule has 3 aliphatic carbocycles. The predicted molar refractivity (Wildman–Crippen MR) is 74.7 cm³/mol. The Balaban J connectivity index is 1.63. The van der Waals surface area contributed by atoms with Crippen LogP contribution in [0.15, 0.2) is 24.3 Å². The number of rotatable bonds is 0. The van der Waals surface area contributed by atoms with Crippen molar-refractivity contribution in [3.63, 3.8) is 0 Å². The fourth-order valence-corrected chi connectivity index (χ4v) is 4.93. The van der Waals surface area contributed by atoms with Crippen molar-refractivity contribution in [3.8, 4) is 0 Å². The van der Waals surface area contributed by atoms with Crippen LogP contribution in [0.25, 0.3) is 0 Å². The highest BCUT2D eigenvalue weighted by Crippen LogP contribution is 2.62. The third kappa shape index (κ3) is 1.62. The van der Waals surface area contributed by atoms with Crippen LogP contribution in [0.3, 0.4) is 0 Å². The monoisotopic (exact) mass is 260 g/mol. The van der Waals surface area contributed by atoms with Gasteiger partial charge in [-0.05, 0) is 57.8 Å². The standard InChI is InChI=1S/C17H24O2/c1-15(2)18-13-5-11-16-7-3-8-17(16,10-4-9-16)12-6-14(13)19-15/h3-4,7,9,13-14H,5-6,8,10-12H2,1-2H3/t13-,14+,16?,17?/m0/s1. The lowest BCUT2D eigenvalue weighted by molar-refractivity contribution is -0.147. The second kappa shape index (κ2) is 3.73. The summed E-state index contributed by atoms with van der Waals surface area (Å²) in [5.41, 5.74) is 0.794. The number of fused-ring (bicyclic) bond motifs is 1. The molecule has 4 aliphatic rings. The van der Waals surface area contributed by atoms with Gasteiger partial charge in [-0.15, -0.1) is 0 Å². The summed E-state index contributed by atoms with van der Waals surface area (Å²) in [7, 11) is 0. The quantitative estimate of drug-likeness (QED) is 0.613. The SMILES string of the molecule is CC1(C)O[C@H]2CCC34C=CCC3(CC=C4)CC[C@H]2O1. The number of ether oxygens (including phenoxy) is 2. The highest BCUT2D eigenvalue weighted by atomic mass is 16.7. The first-order valence-corrected chi connectivity index (χ1v) is 7.75. The van der Waals surface area contributed by atoms with Gasteiger partial charge in [0, 0.05) is 5.41 Å². The summed E-state index contributed by atoms with van der Waals surface area (Å²) in [5.74, 6) is -0.384. The molecule has 0 aromatic rings. The molecule has 0 radical (unpaired) electrons. The molecule has 4 rings (SSSR count). The lowest BCUT2D eigenvalue weighted by Crippen LogP contribution is -2.39. The zero-order valence-corrected chi connectivity index (χ0v) is 12.0. The minimum absolute atomic E-state index is 0.297. The van der Waals surface area contributed by atoms with Crippen molar-refractivity contribution in [1.29, 1.82) is 0 Å². The molecule has 1 heterocycles. The van der Waals surface area contributed by atoms with E-state index < -0.39 is 0 Å². The lowest BCUT2D eigenvalue weighted by atomic mass is 9.61. The molecule has 2 atom stereocenters. The first-order valence-electron chi connectivity index (χ1n) is 7.75. The number of hydrogen-bond donors (Lipinski definition) is 0. The highest BCUT2D eigenvalue weighted by molar-refractivity contribution is 5.31. The summed E-state index contributed by atoms with van der Waals surface area (Å²) < 4.78 is 12.2. The Kier molecular flexibility index (Phi) is 2.39. The first-order chi connectivity index (χ1) is 9.04. The van der Waals surface area contributed by atoms with Crippen LogP contribution < -0.4 is 0 Å². The zero-order chi connectivity index (χ0) is 13.1. The van der Waals surface area contributed by atoms with Gasteiger partial charge < -0.3 is 9.47 Å². The molecule has 0 unspecified atom stereocenters. The summed E-state index contributed by atoms with van der Waals surface area (Å²) in [4.78, 5) is 0. The number of hydrogen-bond acceptors (Lipinski definition) is 2. The maximum Gasteiger partial charge on any atom is 0.163 e. The van der Waals surface area contributed by atoms with Crippen LogP contribution >= 0.6 is 0 Å². The van der Waals surface area contributed by atoms with E-state index in [1.165, 1.54) is 25.7 Å². The Morgan fingerprint density at radius 1 is 0.895 bits per heavy atom. The highest BCUT2D eigenvalue weighted by Gasteiger charge is 2.55. The van der Waals surface area contributed by atoms with E-state index >= 15 is 0 Å². The topological polar surface area (TPSA) is 18.5 Å².